The van der Waals surface area contributed by atoms with Crippen molar-refractivity contribution < 1.29 is 0 Å². The average molecular weight is 263 g/mol. The second-order valence-electron chi connectivity index (χ2n) is 6.17. The van der Waals surface area contributed by atoms with Crippen molar-refractivity contribution in [2.24, 2.45) is 11.8 Å². The number of hydrogen-bond donors (Lipinski definition) is 0. The highest BCUT2D eigenvalue weighted by molar-refractivity contribution is 5.00. The van der Waals surface area contributed by atoms with Gasteiger partial charge in [0.15, 0.2) is 0 Å². The van der Waals surface area contributed by atoms with Crippen LogP contribution in [0, 0.1) is 18.8 Å². The molecule has 2 rings (SSSR count). The topological polar surface area (TPSA) is 38.1 Å². The number of piperidine rings is 1. The van der Waals surface area contributed by atoms with Gasteiger partial charge in [-0.05, 0) is 44.7 Å². The van der Waals surface area contributed by atoms with E-state index in [1.165, 1.54) is 19.4 Å². The lowest BCUT2D eigenvalue weighted by Gasteiger charge is -2.33. The first-order valence-electron chi connectivity index (χ1n) is 7.29. The highest BCUT2D eigenvalue weighted by atomic mass is 16.1. The molecule has 106 valence electrons. The molecule has 19 heavy (non-hydrogen) atoms. The number of nitrogens with zero attached hydrogens (tertiary/aromatic N) is 3. The molecule has 1 saturated heterocycles. The Kier molecular flexibility index (Phi) is 4.75. The highest BCUT2D eigenvalue weighted by Gasteiger charge is 2.20. The maximum absolute atomic E-state index is 12.0. The van der Waals surface area contributed by atoms with E-state index in [0.29, 0.717) is 5.92 Å². The van der Waals surface area contributed by atoms with Crippen LogP contribution in [-0.4, -0.2) is 34.1 Å². The summed E-state index contributed by atoms with van der Waals surface area (Å²) < 4.78 is 1.78. The summed E-state index contributed by atoms with van der Waals surface area (Å²) in [4.78, 5) is 18.6. The Morgan fingerprint density at radius 1 is 1.37 bits per heavy atom. The van der Waals surface area contributed by atoms with E-state index in [0.717, 1.165) is 31.1 Å². The molecule has 2 heterocycles. The molecule has 0 atom stereocenters. The lowest BCUT2D eigenvalue weighted by molar-refractivity contribution is 0.158. The molecule has 4 heteroatoms. The van der Waals surface area contributed by atoms with Crippen LogP contribution >= 0.6 is 0 Å². The SMILES string of the molecule is Cc1cncn(CC2CCN(CC(C)C)CC2)c1=O. The first kappa shape index (κ1) is 14.3. The van der Waals surface area contributed by atoms with Crippen LogP contribution in [-0.2, 0) is 6.54 Å². The minimum atomic E-state index is 0.111. The van der Waals surface area contributed by atoms with E-state index in [2.05, 4.69) is 23.7 Å². The second kappa shape index (κ2) is 6.33. The molecule has 1 aliphatic rings. The van der Waals surface area contributed by atoms with Gasteiger partial charge >= 0.3 is 0 Å². The van der Waals surface area contributed by atoms with Gasteiger partial charge in [0.25, 0.3) is 5.56 Å². The molecular formula is C15H25N3O. The van der Waals surface area contributed by atoms with Crippen LogP contribution in [0.4, 0.5) is 0 Å². The zero-order valence-corrected chi connectivity index (χ0v) is 12.3. The minimum Gasteiger partial charge on any atom is -0.303 e. The molecule has 1 aliphatic heterocycles. The summed E-state index contributed by atoms with van der Waals surface area (Å²) in [6.07, 6.45) is 5.69. The predicted molar refractivity (Wildman–Crippen MR) is 77.2 cm³/mol. The third-order valence-corrected chi connectivity index (χ3v) is 3.86. The Morgan fingerprint density at radius 2 is 2.05 bits per heavy atom. The molecule has 0 aliphatic carbocycles. The minimum absolute atomic E-state index is 0.111. The van der Waals surface area contributed by atoms with Crippen molar-refractivity contribution >= 4 is 0 Å². The van der Waals surface area contributed by atoms with E-state index in [1.807, 2.05) is 6.92 Å². The molecule has 0 bridgehead atoms. The molecule has 4 nitrogen and oxygen atoms in total. The number of likely N-dealkylation sites (tertiary alicyclic amines) is 1. The van der Waals surface area contributed by atoms with E-state index in [4.69, 9.17) is 0 Å². The Morgan fingerprint density at radius 3 is 2.68 bits per heavy atom. The summed E-state index contributed by atoms with van der Waals surface area (Å²) in [5.74, 6) is 1.35. The van der Waals surface area contributed by atoms with Crippen LogP contribution in [0.1, 0.15) is 32.3 Å². The fourth-order valence-electron chi connectivity index (χ4n) is 2.84. The van der Waals surface area contributed by atoms with Crippen molar-refractivity contribution in [3.05, 3.63) is 28.4 Å². The Bertz CT molecular complexity index is 459. The van der Waals surface area contributed by atoms with E-state index in [9.17, 15) is 4.79 Å². The number of aromatic nitrogens is 2. The molecule has 0 saturated carbocycles. The normalized spacial score (nSPS) is 18.1. The third kappa shape index (κ3) is 3.90. The fraction of sp³-hybridized carbons (Fsp3) is 0.733. The molecular weight excluding hydrogens is 238 g/mol. The van der Waals surface area contributed by atoms with Crippen LogP contribution in [0.5, 0.6) is 0 Å². The smallest absolute Gasteiger partial charge is 0.256 e. The molecule has 0 aromatic carbocycles. The lowest BCUT2D eigenvalue weighted by atomic mass is 9.96. The van der Waals surface area contributed by atoms with Crippen LogP contribution in [0.25, 0.3) is 0 Å². The van der Waals surface area contributed by atoms with Gasteiger partial charge in [-0.1, -0.05) is 13.8 Å². The maximum Gasteiger partial charge on any atom is 0.256 e. The number of rotatable bonds is 4. The van der Waals surface area contributed by atoms with E-state index in [1.54, 1.807) is 17.1 Å². The number of hydrogen-bond acceptors (Lipinski definition) is 3. The van der Waals surface area contributed by atoms with Crippen LogP contribution in [0.3, 0.4) is 0 Å². The molecule has 0 radical (unpaired) electrons. The summed E-state index contributed by atoms with van der Waals surface area (Å²) >= 11 is 0. The van der Waals surface area contributed by atoms with E-state index < -0.39 is 0 Å². The maximum atomic E-state index is 12.0. The van der Waals surface area contributed by atoms with Gasteiger partial charge in [0.05, 0.1) is 6.33 Å². The molecule has 0 spiro atoms. The van der Waals surface area contributed by atoms with Gasteiger partial charge in [-0.2, -0.15) is 0 Å². The molecule has 0 N–H and O–H groups in total. The van der Waals surface area contributed by atoms with Crippen molar-refractivity contribution in [1.29, 1.82) is 0 Å². The van der Waals surface area contributed by atoms with Gasteiger partial charge in [0.2, 0.25) is 0 Å². The van der Waals surface area contributed by atoms with Gasteiger partial charge in [-0.15, -0.1) is 0 Å². The van der Waals surface area contributed by atoms with Gasteiger partial charge in [0, 0.05) is 24.8 Å². The standard InChI is InChI=1S/C15H25N3O/c1-12(2)9-17-6-4-14(5-7-17)10-18-11-16-8-13(3)15(18)19/h8,11-12,14H,4-7,9-10H2,1-3H3. The van der Waals surface area contributed by atoms with Crippen LogP contribution in [0.15, 0.2) is 17.3 Å². The van der Waals surface area contributed by atoms with Gasteiger partial charge in [-0.25, -0.2) is 4.98 Å². The Hall–Kier alpha value is -1.16. The quantitative estimate of drug-likeness (QED) is 0.833. The molecule has 0 amide bonds. The van der Waals surface area contributed by atoms with Crippen molar-refractivity contribution in [3.63, 3.8) is 0 Å². The Labute approximate surface area is 115 Å². The summed E-state index contributed by atoms with van der Waals surface area (Å²) in [6.45, 7) is 10.7. The van der Waals surface area contributed by atoms with Crippen LogP contribution < -0.4 is 5.56 Å². The summed E-state index contributed by atoms with van der Waals surface area (Å²) in [7, 11) is 0. The summed E-state index contributed by atoms with van der Waals surface area (Å²) in [6, 6.07) is 0. The molecule has 0 unspecified atom stereocenters. The van der Waals surface area contributed by atoms with Crippen molar-refractivity contribution in [2.75, 3.05) is 19.6 Å². The largest absolute Gasteiger partial charge is 0.303 e. The van der Waals surface area contributed by atoms with Crippen molar-refractivity contribution in [3.8, 4) is 0 Å². The summed E-state index contributed by atoms with van der Waals surface area (Å²) in [5, 5.41) is 0. The van der Waals surface area contributed by atoms with Crippen LogP contribution in [0.2, 0.25) is 0 Å². The zero-order valence-electron chi connectivity index (χ0n) is 12.3. The predicted octanol–water partition coefficient (Wildman–Crippen LogP) is 1.92. The van der Waals surface area contributed by atoms with Gasteiger partial charge < -0.3 is 4.90 Å². The monoisotopic (exact) mass is 263 g/mol. The van der Waals surface area contributed by atoms with E-state index in [-0.39, 0.29) is 5.56 Å². The van der Waals surface area contributed by atoms with Gasteiger partial charge in [0.1, 0.15) is 0 Å². The number of aryl methyl sites for hydroxylation is 1. The zero-order chi connectivity index (χ0) is 13.8. The second-order valence-corrected chi connectivity index (χ2v) is 6.17. The van der Waals surface area contributed by atoms with Gasteiger partial charge in [-0.3, -0.25) is 9.36 Å². The fourth-order valence-corrected chi connectivity index (χ4v) is 2.84. The Balaban J connectivity index is 1.89. The lowest BCUT2D eigenvalue weighted by Crippen LogP contribution is -2.38. The highest BCUT2D eigenvalue weighted by Crippen LogP contribution is 2.19. The van der Waals surface area contributed by atoms with Crippen molar-refractivity contribution in [1.82, 2.24) is 14.5 Å². The van der Waals surface area contributed by atoms with Crippen molar-refractivity contribution in [2.45, 2.75) is 40.2 Å². The molecule has 1 aromatic heterocycles. The molecule has 1 aromatic rings. The molecule has 1 fully saturated rings. The first-order chi connectivity index (χ1) is 9.06. The third-order valence-electron chi connectivity index (χ3n) is 3.86. The average Bonchev–Trinajstić information content (AvgIpc) is 2.37. The summed E-state index contributed by atoms with van der Waals surface area (Å²) in [5.41, 5.74) is 0.847. The first-order valence-corrected chi connectivity index (χ1v) is 7.29. The van der Waals surface area contributed by atoms with E-state index >= 15 is 0 Å².